The van der Waals surface area contributed by atoms with Gasteiger partial charge in [-0.15, -0.1) is 0 Å². The summed E-state index contributed by atoms with van der Waals surface area (Å²) < 4.78 is 31.7. The van der Waals surface area contributed by atoms with Crippen LogP contribution >= 0.6 is 0 Å². The van der Waals surface area contributed by atoms with Gasteiger partial charge in [0, 0.05) is 34.6 Å². The zero-order valence-corrected chi connectivity index (χ0v) is 22.2. The van der Waals surface area contributed by atoms with E-state index in [4.69, 9.17) is 9.90 Å². The maximum Gasteiger partial charge on any atom is 0.490 e. The van der Waals surface area contributed by atoms with Crippen molar-refractivity contribution in [1.29, 1.82) is 5.26 Å². The second-order valence-corrected chi connectivity index (χ2v) is 9.39. The lowest BCUT2D eigenvalue weighted by Crippen LogP contribution is -2.30. The van der Waals surface area contributed by atoms with Crippen LogP contribution in [0.15, 0.2) is 91.5 Å². The number of nitrogens with zero attached hydrogens (tertiary/aromatic N) is 5. The fourth-order valence-electron chi connectivity index (χ4n) is 4.50. The molecule has 13 heteroatoms. The Morgan fingerprint density at radius 3 is 2.53 bits per heavy atom. The highest BCUT2D eigenvalue weighted by atomic mass is 19.4. The Morgan fingerprint density at radius 1 is 1.02 bits per heavy atom. The van der Waals surface area contributed by atoms with Crippen molar-refractivity contribution in [3.05, 3.63) is 108 Å². The summed E-state index contributed by atoms with van der Waals surface area (Å²) in [5.74, 6) is -2.92. The van der Waals surface area contributed by atoms with Crippen LogP contribution in [0.2, 0.25) is 0 Å². The van der Waals surface area contributed by atoms with Crippen molar-refractivity contribution in [3.8, 4) is 6.19 Å². The van der Waals surface area contributed by atoms with Gasteiger partial charge < -0.3 is 15.4 Å². The first-order chi connectivity index (χ1) is 20.6. The van der Waals surface area contributed by atoms with E-state index in [1.54, 1.807) is 5.01 Å². The molecule has 1 amide bonds. The van der Waals surface area contributed by atoms with Gasteiger partial charge in [-0.2, -0.15) is 18.4 Å². The lowest BCUT2D eigenvalue weighted by Gasteiger charge is -2.23. The first kappa shape index (κ1) is 28.6. The Kier molecular flexibility index (Phi) is 7.93. The number of nitriles is 1. The van der Waals surface area contributed by atoms with Crippen molar-refractivity contribution in [2.75, 3.05) is 11.9 Å². The molecule has 0 saturated carbocycles. The Morgan fingerprint density at radius 2 is 1.79 bits per heavy atom. The summed E-state index contributed by atoms with van der Waals surface area (Å²) in [7, 11) is 0. The van der Waals surface area contributed by atoms with Crippen LogP contribution < -0.4 is 5.32 Å². The molecule has 3 aromatic carbocycles. The van der Waals surface area contributed by atoms with Crippen LogP contribution in [-0.2, 0) is 11.3 Å². The van der Waals surface area contributed by atoms with Crippen molar-refractivity contribution < 1.29 is 27.9 Å². The Hall–Kier alpha value is -5.90. The molecule has 1 aliphatic heterocycles. The minimum atomic E-state index is -5.08. The van der Waals surface area contributed by atoms with Gasteiger partial charge in [0.2, 0.25) is 0 Å². The molecule has 0 aliphatic carbocycles. The molecule has 0 radical (unpaired) electrons. The highest BCUT2D eigenvalue weighted by Gasteiger charge is 2.38. The maximum absolute atomic E-state index is 12.9. The van der Waals surface area contributed by atoms with E-state index in [-0.39, 0.29) is 5.91 Å². The molecule has 0 spiro atoms. The SMILES string of the molecule is N#CN1CC(c2ncnc3[nH]ccc23)=CN1Cc1cccc(NC(=O)c2ccc3ccccc3c2)c1.O=C(O)C(F)(F)F. The minimum absolute atomic E-state index is 0.167. The van der Waals surface area contributed by atoms with Crippen LogP contribution in [0.25, 0.3) is 27.4 Å². The zero-order chi connectivity index (χ0) is 30.6. The first-order valence-electron chi connectivity index (χ1n) is 12.7. The Bertz CT molecular complexity index is 1900. The Labute approximate surface area is 242 Å². The molecule has 2 aromatic heterocycles. The molecule has 10 nitrogen and oxygen atoms in total. The Balaban J connectivity index is 0.000000472. The molecule has 0 fully saturated rings. The maximum atomic E-state index is 12.9. The fraction of sp³-hybridized carbons (Fsp3) is 0.100. The summed E-state index contributed by atoms with van der Waals surface area (Å²) in [6.45, 7) is 0.893. The molecule has 3 heterocycles. The minimum Gasteiger partial charge on any atom is -0.475 e. The van der Waals surface area contributed by atoms with E-state index in [0.717, 1.165) is 38.6 Å². The summed E-state index contributed by atoms with van der Waals surface area (Å²) in [6.07, 6.45) is 2.46. The molecule has 0 bridgehead atoms. The summed E-state index contributed by atoms with van der Waals surface area (Å²) >= 11 is 0. The summed E-state index contributed by atoms with van der Waals surface area (Å²) in [5.41, 5.74) is 4.76. The molecular weight excluding hydrogens is 563 g/mol. The molecule has 3 N–H and O–H groups in total. The molecule has 0 saturated heterocycles. The quantitative estimate of drug-likeness (QED) is 0.228. The number of aliphatic carboxylic acids is 1. The predicted octanol–water partition coefficient (Wildman–Crippen LogP) is 5.55. The summed E-state index contributed by atoms with van der Waals surface area (Å²) in [6, 6.07) is 23.2. The van der Waals surface area contributed by atoms with E-state index in [9.17, 15) is 23.2 Å². The number of carboxylic acid groups (broad SMARTS) is 1. The predicted molar refractivity (Wildman–Crippen MR) is 152 cm³/mol. The van der Waals surface area contributed by atoms with Gasteiger partial charge in [-0.1, -0.05) is 42.5 Å². The number of anilines is 1. The van der Waals surface area contributed by atoms with Crippen molar-refractivity contribution in [2.45, 2.75) is 12.7 Å². The number of carbonyl (C=O) groups is 2. The van der Waals surface area contributed by atoms with Crippen LogP contribution in [0.3, 0.4) is 0 Å². The lowest BCUT2D eigenvalue weighted by atomic mass is 10.1. The number of carbonyl (C=O) groups excluding carboxylic acids is 1. The standard InChI is InChI=1S/C28H21N7O.C2HF3O2/c29-17-35-16-23(26-25-10-11-30-27(25)32-18-31-26)15-34(35)14-19-4-3-7-24(12-19)33-28(36)22-9-8-20-5-1-2-6-21(20)13-22;3-2(4,5)1(6)7/h1-13,15,18H,14,16H2,(H,33,36)(H,30,31,32);(H,6,7). The van der Waals surface area contributed by atoms with E-state index >= 15 is 0 Å². The van der Waals surface area contributed by atoms with Crippen LogP contribution in [0.5, 0.6) is 0 Å². The van der Waals surface area contributed by atoms with Crippen LogP contribution in [0.4, 0.5) is 18.9 Å². The van der Waals surface area contributed by atoms with Gasteiger partial charge in [-0.25, -0.2) is 19.8 Å². The normalized spacial score (nSPS) is 12.8. The molecule has 5 aromatic rings. The molecule has 0 unspecified atom stereocenters. The highest BCUT2D eigenvalue weighted by Crippen LogP contribution is 2.28. The average Bonchev–Trinajstić information content (AvgIpc) is 3.64. The second kappa shape index (κ2) is 11.9. The number of hydrogen-bond acceptors (Lipinski definition) is 7. The van der Waals surface area contributed by atoms with Crippen molar-refractivity contribution in [3.63, 3.8) is 0 Å². The number of benzene rings is 3. The third-order valence-corrected chi connectivity index (χ3v) is 6.49. The number of nitrogens with one attached hydrogen (secondary N) is 2. The third-order valence-electron chi connectivity index (χ3n) is 6.49. The van der Waals surface area contributed by atoms with E-state index in [0.29, 0.717) is 24.3 Å². The van der Waals surface area contributed by atoms with Crippen LogP contribution in [0.1, 0.15) is 21.6 Å². The molecule has 1 aliphatic rings. The van der Waals surface area contributed by atoms with E-state index < -0.39 is 12.1 Å². The number of aromatic amines is 1. The zero-order valence-electron chi connectivity index (χ0n) is 22.2. The summed E-state index contributed by atoms with van der Waals surface area (Å²) in [4.78, 5) is 33.6. The van der Waals surface area contributed by atoms with Crippen LogP contribution in [0, 0.1) is 11.5 Å². The van der Waals surface area contributed by atoms with Crippen molar-refractivity contribution in [1.82, 2.24) is 25.0 Å². The number of carboxylic acids is 1. The number of hydrogen-bond donors (Lipinski definition) is 3. The highest BCUT2D eigenvalue weighted by molar-refractivity contribution is 6.06. The fourth-order valence-corrected chi connectivity index (χ4v) is 4.50. The van der Waals surface area contributed by atoms with Crippen LogP contribution in [-0.4, -0.2) is 54.7 Å². The first-order valence-corrected chi connectivity index (χ1v) is 12.7. The van der Waals surface area contributed by atoms with Gasteiger partial charge in [0.25, 0.3) is 5.91 Å². The van der Waals surface area contributed by atoms with Gasteiger partial charge in [0.1, 0.15) is 12.0 Å². The molecule has 6 rings (SSSR count). The number of amides is 1. The molecule has 43 heavy (non-hydrogen) atoms. The van der Waals surface area contributed by atoms with E-state index in [1.807, 2.05) is 90.2 Å². The van der Waals surface area contributed by atoms with Gasteiger partial charge in [-0.05, 0) is 46.7 Å². The largest absolute Gasteiger partial charge is 0.490 e. The average molecular weight is 586 g/mol. The number of halogens is 3. The smallest absolute Gasteiger partial charge is 0.475 e. The monoisotopic (exact) mass is 585 g/mol. The van der Waals surface area contributed by atoms with Gasteiger partial charge in [-0.3, -0.25) is 9.80 Å². The molecular formula is C30H22F3N7O3. The topological polar surface area (TPSA) is 138 Å². The number of hydrazine groups is 1. The number of fused-ring (bicyclic) bond motifs is 2. The lowest BCUT2D eigenvalue weighted by molar-refractivity contribution is -0.192. The van der Waals surface area contributed by atoms with Gasteiger partial charge in [0.15, 0.2) is 6.19 Å². The van der Waals surface area contributed by atoms with Crippen molar-refractivity contribution in [2.24, 2.45) is 0 Å². The van der Waals surface area contributed by atoms with E-state index in [1.165, 1.54) is 6.33 Å². The van der Waals surface area contributed by atoms with Gasteiger partial charge >= 0.3 is 12.1 Å². The number of rotatable bonds is 5. The summed E-state index contributed by atoms with van der Waals surface area (Å²) in [5, 5.41) is 26.3. The number of aromatic nitrogens is 3. The van der Waals surface area contributed by atoms with Crippen molar-refractivity contribution >= 4 is 44.9 Å². The number of alkyl halides is 3. The third kappa shape index (κ3) is 6.54. The number of H-pyrrole nitrogens is 1. The van der Waals surface area contributed by atoms with E-state index in [2.05, 4.69) is 26.5 Å². The molecule has 0 atom stereocenters. The molecule has 216 valence electrons. The van der Waals surface area contributed by atoms with Gasteiger partial charge in [0.05, 0.1) is 18.8 Å². The second-order valence-electron chi connectivity index (χ2n) is 9.39.